The van der Waals surface area contributed by atoms with Crippen LogP contribution in [-0.2, 0) is 6.54 Å². The number of ether oxygens (including phenoxy) is 2. The molecule has 0 saturated carbocycles. The van der Waals surface area contributed by atoms with Crippen LogP contribution in [0.15, 0.2) is 29.3 Å². The molecule has 0 atom stereocenters. The number of hydrogen-bond donors (Lipinski definition) is 0. The van der Waals surface area contributed by atoms with Crippen LogP contribution in [0, 0.1) is 6.92 Å². The van der Waals surface area contributed by atoms with Gasteiger partial charge in [0.25, 0.3) is 0 Å². The van der Waals surface area contributed by atoms with E-state index >= 15 is 0 Å². The highest BCUT2D eigenvalue weighted by atomic mass is 16.5. The molecule has 1 aromatic heterocycles. The number of hydrogen-bond acceptors (Lipinski definition) is 3. The minimum absolute atomic E-state index is 0.693. The second kappa shape index (κ2) is 4.71. The average molecular weight is 270 g/mol. The summed E-state index contributed by atoms with van der Waals surface area (Å²) in [6.07, 6.45) is 0. The van der Waals surface area contributed by atoms with E-state index in [2.05, 4.69) is 28.6 Å². The van der Waals surface area contributed by atoms with E-state index in [1.807, 2.05) is 19.1 Å². The lowest BCUT2D eigenvalue weighted by molar-refractivity contribution is 0.354. The molecule has 3 rings (SSSR count). The van der Waals surface area contributed by atoms with Gasteiger partial charge in [0.1, 0.15) is 0 Å². The summed E-state index contributed by atoms with van der Waals surface area (Å²) in [5, 5.41) is 0. The normalized spacial score (nSPS) is 13.1. The maximum absolute atomic E-state index is 5.43. The predicted octanol–water partition coefficient (Wildman–Crippen LogP) is 3.13. The molecule has 0 fully saturated rings. The number of nitrogens with zero attached hydrogens (tertiary/aromatic N) is 2. The van der Waals surface area contributed by atoms with Crippen LogP contribution in [0.1, 0.15) is 23.9 Å². The molecule has 0 amide bonds. The van der Waals surface area contributed by atoms with Crippen molar-refractivity contribution in [3.05, 3.63) is 41.2 Å². The number of aliphatic imine (C=N–C) groups is 1. The molecule has 20 heavy (non-hydrogen) atoms. The van der Waals surface area contributed by atoms with Crippen molar-refractivity contribution in [2.45, 2.75) is 20.4 Å². The van der Waals surface area contributed by atoms with E-state index in [-0.39, 0.29) is 0 Å². The molecule has 2 aromatic rings. The predicted molar refractivity (Wildman–Crippen MR) is 79.5 cm³/mol. The van der Waals surface area contributed by atoms with Gasteiger partial charge in [-0.25, -0.2) is 0 Å². The van der Waals surface area contributed by atoms with E-state index in [1.165, 1.54) is 11.4 Å². The molecule has 4 nitrogen and oxygen atoms in total. The molecule has 1 aliphatic heterocycles. The highest BCUT2D eigenvalue weighted by molar-refractivity contribution is 6.03. The third-order valence-electron chi connectivity index (χ3n) is 3.77. The molecule has 0 spiro atoms. The molecule has 104 valence electrons. The van der Waals surface area contributed by atoms with Gasteiger partial charge < -0.3 is 14.0 Å². The second-order valence-corrected chi connectivity index (χ2v) is 4.93. The third-order valence-corrected chi connectivity index (χ3v) is 3.77. The van der Waals surface area contributed by atoms with Crippen LogP contribution in [-0.4, -0.2) is 24.5 Å². The molecule has 0 radical (unpaired) electrons. The van der Waals surface area contributed by atoms with Crippen molar-refractivity contribution in [1.82, 2.24) is 4.57 Å². The molecule has 1 aromatic carbocycles. The Morgan fingerprint density at radius 1 is 1.05 bits per heavy atom. The first kappa shape index (κ1) is 12.8. The van der Waals surface area contributed by atoms with Crippen molar-refractivity contribution in [2.75, 3.05) is 14.2 Å². The van der Waals surface area contributed by atoms with E-state index in [1.54, 1.807) is 14.2 Å². The second-order valence-electron chi connectivity index (χ2n) is 4.93. The topological polar surface area (TPSA) is 35.8 Å². The SMILES string of the molecule is COc1cc2c(cc1OC)-n1c(C)ccc1CN=C2C. The molecule has 0 saturated heterocycles. The van der Waals surface area contributed by atoms with Crippen molar-refractivity contribution in [2.24, 2.45) is 4.99 Å². The number of methoxy groups -OCH3 is 2. The van der Waals surface area contributed by atoms with Crippen molar-refractivity contribution in [3.63, 3.8) is 0 Å². The van der Waals surface area contributed by atoms with Crippen LogP contribution in [0.3, 0.4) is 0 Å². The largest absolute Gasteiger partial charge is 0.493 e. The summed E-state index contributed by atoms with van der Waals surface area (Å²) in [7, 11) is 3.31. The number of rotatable bonds is 2. The minimum Gasteiger partial charge on any atom is -0.493 e. The average Bonchev–Trinajstić information content (AvgIpc) is 2.77. The van der Waals surface area contributed by atoms with Gasteiger partial charge in [0, 0.05) is 28.7 Å². The third kappa shape index (κ3) is 1.80. The maximum Gasteiger partial charge on any atom is 0.162 e. The summed E-state index contributed by atoms with van der Waals surface area (Å²) in [6.45, 7) is 4.83. The molecule has 1 aliphatic rings. The minimum atomic E-state index is 0.693. The molecular weight excluding hydrogens is 252 g/mol. The summed E-state index contributed by atoms with van der Waals surface area (Å²) in [5.41, 5.74) is 5.58. The highest BCUT2D eigenvalue weighted by Gasteiger charge is 2.19. The van der Waals surface area contributed by atoms with Gasteiger partial charge in [-0.05, 0) is 32.0 Å². The van der Waals surface area contributed by atoms with Crippen molar-refractivity contribution in [3.8, 4) is 17.2 Å². The Labute approximate surface area is 118 Å². The quantitative estimate of drug-likeness (QED) is 0.840. The molecule has 0 unspecified atom stereocenters. The van der Waals surface area contributed by atoms with Crippen molar-refractivity contribution in [1.29, 1.82) is 0 Å². The van der Waals surface area contributed by atoms with Gasteiger partial charge in [0.05, 0.1) is 26.5 Å². The van der Waals surface area contributed by atoms with Gasteiger partial charge in [-0.3, -0.25) is 4.99 Å². The van der Waals surface area contributed by atoms with Crippen molar-refractivity contribution < 1.29 is 9.47 Å². The van der Waals surface area contributed by atoms with Crippen LogP contribution in [0.2, 0.25) is 0 Å². The summed E-state index contributed by atoms with van der Waals surface area (Å²) in [5.74, 6) is 1.47. The first-order valence-electron chi connectivity index (χ1n) is 6.60. The summed E-state index contributed by atoms with van der Waals surface area (Å²) < 4.78 is 13.1. The van der Waals surface area contributed by atoms with Gasteiger partial charge in [-0.1, -0.05) is 0 Å². The zero-order valence-electron chi connectivity index (χ0n) is 12.2. The fourth-order valence-corrected chi connectivity index (χ4v) is 2.69. The smallest absolute Gasteiger partial charge is 0.162 e. The molecular formula is C16H18N2O2. The van der Waals surface area contributed by atoms with Crippen LogP contribution in [0.4, 0.5) is 0 Å². The van der Waals surface area contributed by atoms with Crippen LogP contribution in [0.25, 0.3) is 5.69 Å². The van der Waals surface area contributed by atoms with Gasteiger partial charge in [0.15, 0.2) is 11.5 Å². The van der Waals surface area contributed by atoms with Crippen LogP contribution in [0.5, 0.6) is 11.5 Å². The molecule has 0 N–H and O–H groups in total. The Bertz CT molecular complexity index is 699. The van der Waals surface area contributed by atoms with Crippen molar-refractivity contribution >= 4 is 5.71 Å². The fourth-order valence-electron chi connectivity index (χ4n) is 2.69. The summed E-state index contributed by atoms with van der Waals surface area (Å²) in [6, 6.07) is 8.26. The van der Waals surface area contributed by atoms with E-state index in [0.29, 0.717) is 6.54 Å². The van der Waals surface area contributed by atoms with Gasteiger partial charge in [-0.15, -0.1) is 0 Å². The number of aromatic nitrogens is 1. The van der Waals surface area contributed by atoms with E-state index in [4.69, 9.17) is 9.47 Å². The highest BCUT2D eigenvalue weighted by Crippen LogP contribution is 2.35. The van der Waals surface area contributed by atoms with E-state index in [9.17, 15) is 0 Å². The van der Waals surface area contributed by atoms with E-state index in [0.717, 1.165) is 28.5 Å². The number of benzene rings is 1. The van der Waals surface area contributed by atoms with Gasteiger partial charge in [0.2, 0.25) is 0 Å². The molecule has 4 heteroatoms. The lowest BCUT2D eigenvalue weighted by Crippen LogP contribution is -2.06. The Morgan fingerprint density at radius 3 is 2.45 bits per heavy atom. The monoisotopic (exact) mass is 270 g/mol. The van der Waals surface area contributed by atoms with Gasteiger partial charge >= 0.3 is 0 Å². The number of aryl methyl sites for hydroxylation is 1. The lowest BCUT2D eigenvalue weighted by Gasteiger charge is -2.16. The van der Waals surface area contributed by atoms with Gasteiger partial charge in [-0.2, -0.15) is 0 Å². The maximum atomic E-state index is 5.43. The Hall–Kier alpha value is -2.23. The molecule has 2 heterocycles. The lowest BCUT2D eigenvalue weighted by atomic mass is 10.1. The standard InChI is InChI=1S/C16H18N2O2/c1-10-5-6-12-9-17-11(2)13-7-15(19-3)16(20-4)8-14(13)18(10)12/h5-8H,9H2,1-4H3. The molecule has 0 bridgehead atoms. The first-order valence-corrected chi connectivity index (χ1v) is 6.60. The first-order chi connectivity index (χ1) is 9.65. The Balaban J connectivity index is 2.34. The zero-order valence-corrected chi connectivity index (χ0v) is 12.2. The Kier molecular flexibility index (Phi) is 3.01. The van der Waals surface area contributed by atoms with Crippen LogP contribution < -0.4 is 9.47 Å². The zero-order chi connectivity index (χ0) is 14.3. The summed E-state index contributed by atoms with van der Waals surface area (Å²) >= 11 is 0. The number of fused-ring (bicyclic) bond motifs is 3. The summed E-state index contributed by atoms with van der Waals surface area (Å²) in [4.78, 5) is 4.65. The molecule has 0 aliphatic carbocycles. The Morgan fingerprint density at radius 2 is 1.75 bits per heavy atom. The van der Waals surface area contributed by atoms with E-state index < -0.39 is 0 Å². The van der Waals surface area contributed by atoms with Crippen LogP contribution >= 0.6 is 0 Å². The fraction of sp³-hybridized carbons (Fsp3) is 0.312.